The van der Waals surface area contributed by atoms with Gasteiger partial charge in [-0.1, -0.05) is 37.6 Å². The molecule has 2 rings (SSSR count). The van der Waals surface area contributed by atoms with Crippen LogP contribution in [0.25, 0.3) is 0 Å². The maximum Gasteiger partial charge on any atom is 0.408 e. The maximum absolute atomic E-state index is 11.2. The molecule has 1 aliphatic rings. The Morgan fingerprint density at radius 1 is 1.41 bits per heavy atom. The van der Waals surface area contributed by atoms with E-state index in [1.165, 1.54) is 5.56 Å². The number of rotatable bonds is 4. The molecule has 4 nitrogen and oxygen atoms in total. The minimum absolute atomic E-state index is 0.291. The second-order valence-corrected chi connectivity index (χ2v) is 4.39. The van der Waals surface area contributed by atoms with E-state index in [1.54, 1.807) is 0 Å². The zero-order valence-electron chi connectivity index (χ0n) is 10.0. The third kappa shape index (κ3) is 2.26. The number of carbonyl (C=O) groups is 1. The summed E-state index contributed by atoms with van der Waals surface area (Å²) in [6.45, 7) is 2.88. The van der Waals surface area contributed by atoms with Gasteiger partial charge in [0, 0.05) is 6.54 Å². The van der Waals surface area contributed by atoms with Gasteiger partial charge in [-0.15, -0.1) is 0 Å². The quantitative estimate of drug-likeness (QED) is 0.830. The Hall–Kier alpha value is -1.55. The Morgan fingerprint density at radius 3 is 2.59 bits per heavy atom. The number of amides is 1. The standard InChI is InChI=1S/C13H18N2O2/c1-2-3-10-4-6-11(7-5-10)13(8-14)9-15-12(16)17-13/h4-7H,2-3,8-9,14H2,1H3,(H,15,16). The number of alkyl carbamates (subject to hydrolysis) is 1. The van der Waals surface area contributed by atoms with Crippen LogP contribution in [0.3, 0.4) is 0 Å². The van der Waals surface area contributed by atoms with Crippen LogP contribution in [0.15, 0.2) is 24.3 Å². The molecule has 0 radical (unpaired) electrons. The second kappa shape index (κ2) is 4.75. The summed E-state index contributed by atoms with van der Waals surface area (Å²) >= 11 is 0. The lowest BCUT2D eigenvalue weighted by Gasteiger charge is -2.25. The molecule has 0 saturated carbocycles. The molecule has 1 atom stereocenters. The van der Waals surface area contributed by atoms with Crippen molar-refractivity contribution in [2.45, 2.75) is 25.4 Å². The van der Waals surface area contributed by atoms with Crippen molar-refractivity contribution in [1.82, 2.24) is 5.32 Å². The summed E-state index contributed by atoms with van der Waals surface area (Å²) in [7, 11) is 0. The third-order valence-corrected chi connectivity index (χ3v) is 3.15. The molecule has 0 spiro atoms. The van der Waals surface area contributed by atoms with Gasteiger partial charge >= 0.3 is 6.09 Å². The minimum Gasteiger partial charge on any atom is -0.435 e. The lowest BCUT2D eigenvalue weighted by atomic mass is 9.93. The number of hydrogen-bond acceptors (Lipinski definition) is 3. The summed E-state index contributed by atoms with van der Waals surface area (Å²) in [6, 6.07) is 8.14. The topological polar surface area (TPSA) is 64.3 Å². The monoisotopic (exact) mass is 234 g/mol. The number of nitrogens with one attached hydrogen (secondary N) is 1. The van der Waals surface area contributed by atoms with Gasteiger partial charge in [-0.05, 0) is 17.5 Å². The van der Waals surface area contributed by atoms with Gasteiger partial charge in [0.1, 0.15) is 0 Å². The molecule has 0 bridgehead atoms. The van der Waals surface area contributed by atoms with E-state index in [-0.39, 0.29) is 0 Å². The van der Waals surface area contributed by atoms with Crippen molar-refractivity contribution < 1.29 is 9.53 Å². The molecule has 1 unspecified atom stereocenters. The van der Waals surface area contributed by atoms with Crippen LogP contribution in [0.1, 0.15) is 24.5 Å². The van der Waals surface area contributed by atoms with Crippen molar-refractivity contribution in [1.29, 1.82) is 0 Å². The summed E-state index contributed by atoms with van der Waals surface area (Å²) in [5, 5.41) is 2.66. The molecule has 1 heterocycles. The number of benzene rings is 1. The van der Waals surface area contributed by atoms with Crippen molar-refractivity contribution in [3.63, 3.8) is 0 Å². The molecule has 3 N–H and O–H groups in total. The van der Waals surface area contributed by atoms with Crippen molar-refractivity contribution in [3.8, 4) is 0 Å². The fraction of sp³-hybridized carbons (Fsp3) is 0.462. The van der Waals surface area contributed by atoms with E-state index in [9.17, 15) is 4.79 Å². The van der Waals surface area contributed by atoms with E-state index in [1.807, 2.05) is 12.1 Å². The Bertz CT molecular complexity index is 402. The number of hydrogen-bond donors (Lipinski definition) is 2. The highest BCUT2D eigenvalue weighted by Gasteiger charge is 2.40. The van der Waals surface area contributed by atoms with Crippen LogP contribution in [0.5, 0.6) is 0 Å². The highest BCUT2D eigenvalue weighted by molar-refractivity contribution is 5.70. The third-order valence-electron chi connectivity index (χ3n) is 3.15. The van der Waals surface area contributed by atoms with Crippen LogP contribution in [0, 0.1) is 0 Å². The number of carbonyl (C=O) groups excluding carboxylic acids is 1. The highest BCUT2D eigenvalue weighted by atomic mass is 16.6. The van der Waals surface area contributed by atoms with Crippen LogP contribution in [0.4, 0.5) is 4.79 Å². The molecule has 17 heavy (non-hydrogen) atoms. The SMILES string of the molecule is CCCc1ccc(C2(CN)CNC(=O)O2)cc1. The smallest absolute Gasteiger partial charge is 0.408 e. The Labute approximate surface area is 101 Å². The van der Waals surface area contributed by atoms with Gasteiger partial charge in [-0.2, -0.15) is 0 Å². The predicted octanol–water partition coefficient (Wildman–Crippen LogP) is 1.53. The fourth-order valence-electron chi connectivity index (χ4n) is 2.12. The van der Waals surface area contributed by atoms with Crippen LogP contribution in [0.2, 0.25) is 0 Å². The van der Waals surface area contributed by atoms with E-state index < -0.39 is 11.7 Å². The number of aryl methyl sites for hydroxylation is 1. The number of cyclic esters (lactones) is 1. The predicted molar refractivity (Wildman–Crippen MR) is 65.7 cm³/mol. The Balaban J connectivity index is 2.23. The van der Waals surface area contributed by atoms with Crippen molar-refractivity contribution in [2.24, 2.45) is 5.73 Å². The average molecular weight is 234 g/mol. The first-order valence-corrected chi connectivity index (χ1v) is 5.96. The van der Waals surface area contributed by atoms with Gasteiger partial charge in [0.15, 0.2) is 5.60 Å². The van der Waals surface area contributed by atoms with Gasteiger partial charge in [-0.25, -0.2) is 4.79 Å². The van der Waals surface area contributed by atoms with Gasteiger partial charge in [0.25, 0.3) is 0 Å². The lowest BCUT2D eigenvalue weighted by Crippen LogP contribution is -2.38. The van der Waals surface area contributed by atoms with E-state index in [2.05, 4.69) is 24.4 Å². The fourth-order valence-corrected chi connectivity index (χ4v) is 2.12. The van der Waals surface area contributed by atoms with E-state index >= 15 is 0 Å². The molecule has 1 aliphatic heterocycles. The average Bonchev–Trinajstić information content (AvgIpc) is 2.74. The molecule has 92 valence electrons. The normalized spacial score (nSPS) is 23.3. The van der Waals surface area contributed by atoms with Crippen LogP contribution >= 0.6 is 0 Å². The largest absolute Gasteiger partial charge is 0.435 e. The zero-order chi connectivity index (χ0) is 12.3. The van der Waals surface area contributed by atoms with E-state index in [4.69, 9.17) is 10.5 Å². The molecule has 1 saturated heterocycles. The van der Waals surface area contributed by atoms with E-state index in [0.29, 0.717) is 13.1 Å². The molecule has 0 aromatic heterocycles. The van der Waals surface area contributed by atoms with Crippen LogP contribution in [-0.4, -0.2) is 19.2 Å². The highest BCUT2D eigenvalue weighted by Crippen LogP contribution is 2.28. The second-order valence-electron chi connectivity index (χ2n) is 4.39. The van der Waals surface area contributed by atoms with Gasteiger partial charge in [-0.3, -0.25) is 0 Å². The van der Waals surface area contributed by atoms with Crippen molar-refractivity contribution in [3.05, 3.63) is 35.4 Å². The zero-order valence-corrected chi connectivity index (χ0v) is 10.0. The number of ether oxygens (including phenoxy) is 1. The first kappa shape index (κ1) is 11.9. The van der Waals surface area contributed by atoms with Crippen LogP contribution in [-0.2, 0) is 16.8 Å². The molecular formula is C13H18N2O2. The summed E-state index contributed by atoms with van der Waals surface area (Å²) in [5.74, 6) is 0. The summed E-state index contributed by atoms with van der Waals surface area (Å²) in [6.07, 6.45) is 1.79. The van der Waals surface area contributed by atoms with Crippen LogP contribution < -0.4 is 11.1 Å². The van der Waals surface area contributed by atoms with Crippen molar-refractivity contribution in [2.75, 3.05) is 13.1 Å². The molecule has 0 aliphatic carbocycles. The van der Waals surface area contributed by atoms with Gasteiger partial charge in [0.2, 0.25) is 0 Å². The molecule has 4 heteroatoms. The lowest BCUT2D eigenvalue weighted by molar-refractivity contribution is 0.0617. The van der Waals surface area contributed by atoms with Crippen molar-refractivity contribution >= 4 is 6.09 Å². The first-order chi connectivity index (χ1) is 8.20. The molecule has 1 fully saturated rings. The Morgan fingerprint density at radius 2 is 2.12 bits per heavy atom. The first-order valence-electron chi connectivity index (χ1n) is 5.96. The summed E-state index contributed by atoms with van der Waals surface area (Å²) in [4.78, 5) is 11.2. The molecule has 1 aromatic rings. The van der Waals surface area contributed by atoms with Gasteiger partial charge < -0.3 is 15.8 Å². The minimum atomic E-state index is -0.693. The molecular weight excluding hydrogens is 216 g/mol. The summed E-state index contributed by atoms with van der Waals surface area (Å²) in [5.41, 5.74) is 7.30. The van der Waals surface area contributed by atoms with E-state index in [0.717, 1.165) is 18.4 Å². The Kier molecular flexibility index (Phi) is 3.33. The molecule has 1 aromatic carbocycles. The number of nitrogens with two attached hydrogens (primary N) is 1. The van der Waals surface area contributed by atoms with Gasteiger partial charge in [0.05, 0.1) is 6.54 Å². The maximum atomic E-state index is 11.2. The molecule has 1 amide bonds. The summed E-state index contributed by atoms with van der Waals surface area (Å²) < 4.78 is 5.31.